The number of nitrogens with zero attached hydrogens (tertiary/aromatic N) is 1. The van der Waals surface area contributed by atoms with E-state index < -0.39 is 11.7 Å². The fourth-order valence-corrected chi connectivity index (χ4v) is 1.98. The van der Waals surface area contributed by atoms with E-state index in [0.717, 1.165) is 17.0 Å². The van der Waals surface area contributed by atoms with Crippen molar-refractivity contribution in [2.45, 2.75) is 6.92 Å². The van der Waals surface area contributed by atoms with Gasteiger partial charge in [-0.2, -0.15) is 0 Å². The van der Waals surface area contributed by atoms with Crippen molar-refractivity contribution in [1.29, 1.82) is 0 Å². The largest absolute Gasteiger partial charge is 0.399 e. The summed E-state index contributed by atoms with van der Waals surface area (Å²) in [6, 6.07) is 3.70. The van der Waals surface area contributed by atoms with Crippen molar-refractivity contribution in [3.63, 3.8) is 0 Å². The zero-order chi connectivity index (χ0) is 12.4. The first-order chi connectivity index (χ1) is 8.04. The molecule has 0 aliphatic rings. The second-order valence-corrected chi connectivity index (χ2v) is 4.74. The summed E-state index contributed by atoms with van der Waals surface area (Å²) in [7, 11) is 0. The third-order valence-electron chi connectivity index (χ3n) is 2.02. The number of benzene rings is 1. The van der Waals surface area contributed by atoms with Gasteiger partial charge in [0.05, 0.1) is 0 Å². The van der Waals surface area contributed by atoms with Crippen LogP contribution in [-0.4, -0.2) is 10.9 Å². The van der Waals surface area contributed by atoms with Gasteiger partial charge in [0, 0.05) is 22.3 Å². The molecule has 0 spiro atoms. The van der Waals surface area contributed by atoms with Crippen LogP contribution in [0.1, 0.15) is 15.2 Å². The van der Waals surface area contributed by atoms with Crippen molar-refractivity contribution < 1.29 is 9.18 Å². The van der Waals surface area contributed by atoms with Gasteiger partial charge in [-0.15, -0.1) is 11.3 Å². The lowest BCUT2D eigenvalue weighted by Gasteiger charge is -2.03. The molecule has 0 aliphatic heterocycles. The maximum Gasteiger partial charge on any atom is 0.257 e. The summed E-state index contributed by atoms with van der Waals surface area (Å²) in [5.41, 5.74) is 5.85. The molecule has 0 radical (unpaired) electrons. The number of nitrogens with one attached hydrogen (secondary N) is 1. The van der Waals surface area contributed by atoms with Crippen molar-refractivity contribution in [2.75, 3.05) is 11.1 Å². The third kappa shape index (κ3) is 2.79. The average Bonchev–Trinajstić information content (AvgIpc) is 2.62. The fraction of sp³-hybridized carbons (Fsp3) is 0.0909. The van der Waals surface area contributed by atoms with E-state index in [1.807, 2.05) is 6.92 Å². The van der Waals surface area contributed by atoms with Gasteiger partial charge in [0.25, 0.3) is 5.91 Å². The molecule has 17 heavy (non-hydrogen) atoms. The Balaban J connectivity index is 2.19. The van der Waals surface area contributed by atoms with Crippen LogP contribution in [0, 0.1) is 12.7 Å². The van der Waals surface area contributed by atoms with E-state index in [2.05, 4.69) is 10.3 Å². The number of amides is 1. The number of hydrogen-bond donors (Lipinski definition) is 2. The number of aromatic nitrogens is 1. The number of thiazole rings is 1. The Labute approximate surface area is 101 Å². The van der Waals surface area contributed by atoms with Crippen molar-refractivity contribution >= 4 is 28.1 Å². The highest BCUT2D eigenvalue weighted by molar-refractivity contribution is 7.15. The molecule has 0 saturated heterocycles. The number of aryl methyl sites for hydroxylation is 1. The summed E-state index contributed by atoms with van der Waals surface area (Å²) in [6.07, 6.45) is 1.65. The molecule has 0 atom stereocenters. The first kappa shape index (κ1) is 11.5. The summed E-state index contributed by atoms with van der Waals surface area (Å²) in [5.74, 6) is -0.962. The monoisotopic (exact) mass is 251 g/mol. The minimum atomic E-state index is -0.537. The highest BCUT2D eigenvalue weighted by Crippen LogP contribution is 2.18. The van der Waals surface area contributed by atoms with Crippen LogP contribution >= 0.6 is 11.3 Å². The Morgan fingerprint density at radius 1 is 1.47 bits per heavy atom. The first-order valence-electron chi connectivity index (χ1n) is 4.84. The molecule has 1 heterocycles. The Bertz CT molecular complexity index is 547. The standard InChI is InChI=1S/C11H10FN3OS/c1-6-5-14-11(17-6)15-10(16)7-2-8(12)4-9(13)3-7/h2-5H,13H2,1H3,(H,14,15,16). The molecule has 2 rings (SSSR count). The summed E-state index contributed by atoms with van der Waals surface area (Å²) in [5, 5.41) is 3.06. The van der Waals surface area contributed by atoms with Crippen LogP contribution in [-0.2, 0) is 0 Å². The second kappa shape index (κ2) is 4.50. The summed E-state index contributed by atoms with van der Waals surface area (Å²) in [6.45, 7) is 1.88. The lowest BCUT2D eigenvalue weighted by Crippen LogP contribution is -2.12. The third-order valence-corrected chi connectivity index (χ3v) is 2.85. The minimum absolute atomic E-state index is 0.176. The summed E-state index contributed by atoms with van der Waals surface area (Å²) >= 11 is 1.35. The molecule has 0 bridgehead atoms. The highest BCUT2D eigenvalue weighted by atomic mass is 32.1. The maximum absolute atomic E-state index is 13.1. The molecule has 3 N–H and O–H groups in total. The van der Waals surface area contributed by atoms with E-state index in [4.69, 9.17) is 5.73 Å². The van der Waals surface area contributed by atoms with Crippen molar-refractivity contribution in [3.8, 4) is 0 Å². The maximum atomic E-state index is 13.1. The van der Waals surface area contributed by atoms with Crippen LogP contribution in [0.25, 0.3) is 0 Å². The Morgan fingerprint density at radius 2 is 2.24 bits per heavy atom. The number of carbonyl (C=O) groups is 1. The van der Waals surface area contributed by atoms with Gasteiger partial charge in [-0.25, -0.2) is 9.37 Å². The van der Waals surface area contributed by atoms with Gasteiger partial charge in [-0.1, -0.05) is 0 Å². The zero-order valence-electron chi connectivity index (χ0n) is 9.03. The topological polar surface area (TPSA) is 68.0 Å². The quantitative estimate of drug-likeness (QED) is 0.805. The average molecular weight is 251 g/mol. The van der Waals surface area contributed by atoms with E-state index in [9.17, 15) is 9.18 Å². The molecular formula is C11H10FN3OS. The molecule has 4 nitrogen and oxygen atoms in total. The van der Waals surface area contributed by atoms with Crippen LogP contribution in [0.3, 0.4) is 0 Å². The van der Waals surface area contributed by atoms with Crippen molar-refractivity contribution in [2.24, 2.45) is 0 Å². The van der Waals surface area contributed by atoms with Crippen molar-refractivity contribution in [3.05, 3.63) is 40.7 Å². The van der Waals surface area contributed by atoms with Gasteiger partial charge in [0.15, 0.2) is 5.13 Å². The van der Waals surface area contributed by atoms with Crippen LogP contribution < -0.4 is 11.1 Å². The number of halogens is 1. The van der Waals surface area contributed by atoms with Crippen LogP contribution in [0.5, 0.6) is 0 Å². The number of nitrogen functional groups attached to an aromatic ring is 1. The Morgan fingerprint density at radius 3 is 2.82 bits per heavy atom. The molecule has 0 unspecified atom stereocenters. The lowest BCUT2D eigenvalue weighted by molar-refractivity contribution is 0.102. The van der Waals surface area contributed by atoms with Crippen LogP contribution in [0.15, 0.2) is 24.4 Å². The van der Waals surface area contributed by atoms with E-state index in [1.54, 1.807) is 6.20 Å². The number of anilines is 2. The van der Waals surface area contributed by atoms with Gasteiger partial charge < -0.3 is 5.73 Å². The minimum Gasteiger partial charge on any atom is -0.399 e. The Kier molecular flexibility index (Phi) is 3.06. The van der Waals surface area contributed by atoms with Crippen LogP contribution in [0.2, 0.25) is 0 Å². The molecule has 1 amide bonds. The van der Waals surface area contributed by atoms with Gasteiger partial charge in [-0.3, -0.25) is 10.1 Å². The van der Waals surface area contributed by atoms with Gasteiger partial charge in [0.1, 0.15) is 5.82 Å². The molecular weight excluding hydrogens is 241 g/mol. The molecule has 1 aromatic heterocycles. The first-order valence-corrected chi connectivity index (χ1v) is 5.66. The molecule has 6 heteroatoms. The molecule has 0 aliphatic carbocycles. The number of carbonyl (C=O) groups excluding carboxylic acids is 1. The van der Waals surface area contributed by atoms with E-state index in [1.165, 1.54) is 17.4 Å². The zero-order valence-corrected chi connectivity index (χ0v) is 9.84. The Hall–Kier alpha value is -1.95. The second-order valence-electron chi connectivity index (χ2n) is 3.50. The van der Waals surface area contributed by atoms with Gasteiger partial charge in [0.2, 0.25) is 0 Å². The number of rotatable bonds is 2. The van der Waals surface area contributed by atoms with Crippen LogP contribution in [0.4, 0.5) is 15.2 Å². The van der Waals surface area contributed by atoms with Crippen molar-refractivity contribution in [1.82, 2.24) is 4.98 Å². The summed E-state index contributed by atoms with van der Waals surface area (Å²) in [4.78, 5) is 16.7. The van der Waals surface area contributed by atoms with E-state index >= 15 is 0 Å². The number of hydrogen-bond acceptors (Lipinski definition) is 4. The molecule has 88 valence electrons. The van der Waals surface area contributed by atoms with Gasteiger partial charge in [-0.05, 0) is 25.1 Å². The van der Waals surface area contributed by atoms with Gasteiger partial charge >= 0.3 is 0 Å². The molecule has 0 fully saturated rings. The predicted molar refractivity (Wildman–Crippen MR) is 65.6 cm³/mol. The van der Waals surface area contributed by atoms with E-state index in [0.29, 0.717) is 5.13 Å². The lowest BCUT2D eigenvalue weighted by atomic mass is 10.2. The molecule has 0 saturated carbocycles. The van der Waals surface area contributed by atoms with E-state index in [-0.39, 0.29) is 11.3 Å². The summed E-state index contributed by atoms with van der Waals surface area (Å²) < 4.78 is 13.1. The molecule has 2 aromatic rings. The molecule has 1 aromatic carbocycles. The highest BCUT2D eigenvalue weighted by Gasteiger charge is 2.10. The SMILES string of the molecule is Cc1cnc(NC(=O)c2cc(N)cc(F)c2)s1. The number of nitrogens with two attached hydrogens (primary N) is 1. The normalized spacial score (nSPS) is 10.2. The fourth-order valence-electron chi connectivity index (χ4n) is 1.33. The smallest absolute Gasteiger partial charge is 0.257 e. The predicted octanol–water partition coefficient (Wildman–Crippen LogP) is 2.43.